The number of aromatic nitrogens is 3. The van der Waals surface area contributed by atoms with Gasteiger partial charge in [-0.25, -0.2) is 9.97 Å². The number of pyridine rings is 1. The quantitative estimate of drug-likeness (QED) is 0.142. The number of carbonyl (C=O) groups is 3. The number of nitrogens with zero attached hydrogens (tertiary/aromatic N) is 5. The van der Waals surface area contributed by atoms with E-state index in [0.717, 1.165) is 72.2 Å². The molecule has 2 aromatic heterocycles. The summed E-state index contributed by atoms with van der Waals surface area (Å²) in [7, 11) is 0. The summed E-state index contributed by atoms with van der Waals surface area (Å²) in [6.45, 7) is 6.32. The normalized spacial score (nSPS) is 16.3. The molecule has 3 amide bonds. The Kier molecular flexibility index (Phi) is 9.93. The molecule has 1 atom stereocenters. The second-order valence-corrected chi connectivity index (χ2v) is 12.8. The first-order valence-corrected chi connectivity index (χ1v) is 17.1. The predicted octanol–water partition coefficient (Wildman–Crippen LogP) is 5.38. The van der Waals surface area contributed by atoms with Gasteiger partial charge < -0.3 is 20.9 Å². The Balaban J connectivity index is 0.911. The van der Waals surface area contributed by atoms with Crippen molar-refractivity contribution in [3.63, 3.8) is 0 Å². The zero-order valence-corrected chi connectivity index (χ0v) is 28.3. The lowest BCUT2D eigenvalue weighted by molar-refractivity contribution is -0.133. The molecule has 12 heteroatoms. The highest BCUT2D eigenvalue weighted by Gasteiger charge is 2.26. The van der Waals surface area contributed by atoms with Gasteiger partial charge >= 0.3 is 0 Å². The number of piperazine rings is 1. The van der Waals surface area contributed by atoms with Gasteiger partial charge in [0.25, 0.3) is 5.91 Å². The molecule has 2 aliphatic heterocycles. The zero-order valence-electron chi connectivity index (χ0n) is 28.3. The van der Waals surface area contributed by atoms with Crippen molar-refractivity contribution in [2.24, 2.45) is 0 Å². The smallest absolute Gasteiger partial charge is 0.255 e. The third kappa shape index (κ3) is 8.36. The lowest BCUT2D eigenvalue weighted by atomic mass is 10.1. The van der Waals surface area contributed by atoms with Crippen molar-refractivity contribution in [2.45, 2.75) is 32.4 Å². The fourth-order valence-electron chi connectivity index (χ4n) is 6.29. The maximum absolute atomic E-state index is 13.2. The molecule has 2 saturated heterocycles. The summed E-state index contributed by atoms with van der Waals surface area (Å²) in [5.41, 5.74) is 7.80. The first kappa shape index (κ1) is 33.4. The summed E-state index contributed by atoms with van der Waals surface area (Å²) in [4.78, 5) is 54.8. The third-order valence-corrected chi connectivity index (χ3v) is 9.13. The van der Waals surface area contributed by atoms with E-state index in [2.05, 4.69) is 58.2 Å². The van der Waals surface area contributed by atoms with E-state index in [1.165, 1.54) is 0 Å². The minimum absolute atomic E-state index is 0.190. The number of aryl methyl sites for hydroxylation is 1. The molecule has 0 radical (unpaired) electrons. The minimum Gasteiger partial charge on any atom is -0.374 e. The molecule has 4 heterocycles. The molecule has 0 aliphatic carbocycles. The zero-order chi connectivity index (χ0) is 35.2. The van der Waals surface area contributed by atoms with E-state index in [-0.39, 0.29) is 17.7 Å². The number of imide groups is 1. The highest BCUT2D eigenvalue weighted by atomic mass is 16.2. The maximum Gasteiger partial charge on any atom is 0.255 e. The van der Waals surface area contributed by atoms with Gasteiger partial charge in [0.2, 0.25) is 17.8 Å². The molecule has 258 valence electrons. The number of nitrogens with one attached hydrogen (secondary N) is 4. The Hall–Kier alpha value is -6.14. The van der Waals surface area contributed by atoms with Crippen LogP contribution in [0, 0.1) is 6.92 Å². The average Bonchev–Trinajstić information content (AvgIpc) is 3.15. The van der Waals surface area contributed by atoms with Crippen LogP contribution < -0.4 is 26.2 Å². The van der Waals surface area contributed by atoms with E-state index in [9.17, 15) is 14.4 Å². The van der Waals surface area contributed by atoms with Crippen LogP contribution in [0.25, 0.3) is 11.3 Å². The van der Waals surface area contributed by atoms with Crippen LogP contribution in [0.5, 0.6) is 0 Å². The van der Waals surface area contributed by atoms with E-state index in [1.807, 2.05) is 79.7 Å². The number of piperidine rings is 1. The minimum atomic E-state index is -0.403. The van der Waals surface area contributed by atoms with Crippen LogP contribution in [-0.4, -0.2) is 69.8 Å². The van der Waals surface area contributed by atoms with E-state index in [4.69, 9.17) is 0 Å². The van der Waals surface area contributed by atoms with Gasteiger partial charge in [-0.15, -0.1) is 0 Å². The van der Waals surface area contributed by atoms with Gasteiger partial charge in [0.05, 0.1) is 5.69 Å². The molecule has 12 nitrogen and oxygen atoms in total. The van der Waals surface area contributed by atoms with Crippen molar-refractivity contribution >= 4 is 46.4 Å². The van der Waals surface area contributed by atoms with Crippen molar-refractivity contribution in [1.29, 1.82) is 0 Å². The lowest BCUT2D eigenvalue weighted by Crippen LogP contribution is -2.47. The van der Waals surface area contributed by atoms with Gasteiger partial charge in [0.15, 0.2) is 0 Å². The van der Waals surface area contributed by atoms with Crippen molar-refractivity contribution < 1.29 is 14.4 Å². The van der Waals surface area contributed by atoms with Crippen LogP contribution in [0.1, 0.15) is 34.3 Å². The summed E-state index contributed by atoms with van der Waals surface area (Å²) in [6, 6.07) is 26.8. The Morgan fingerprint density at radius 2 is 1.75 bits per heavy atom. The Morgan fingerprint density at radius 3 is 2.53 bits per heavy atom. The molecule has 5 aromatic rings. The van der Waals surface area contributed by atoms with Crippen LogP contribution in [0.4, 0.5) is 28.7 Å². The van der Waals surface area contributed by atoms with E-state index >= 15 is 0 Å². The third-order valence-electron chi connectivity index (χ3n) is 9.13. The summed E-state index contributed by atoms with van der Waals surface area (Å²) >= 11 is 0. The number of hydrogen-bond acceptors (Lipinski definition) is 10. The van der Waals surface area contributed by atoms with Gasteiger partial charge in [-0.05, 0) is 91.2 Å². The summed E-state index contributed by atoms with van der Waals surface area (Å²) < 4.78 is 0. The molecule has 0 bridgehead atoms. The molecule has 2 aliphatic rings. The molecule has 1 unspecified atom stereocenters. The number of benzene rings is 3. The number of hydrogen-bond donors (Lipinski definition) is 4. The lowest BCUT2D eigenvalue weighted by Gasteiger charge is -2.36. The Morgan fingerprint density at radius 1 is 0.902 bits per heavy atom. The van der Waals surface area contributed by atoms with E-state index < -0.39 is 6.04 Å². The fraction of sp³-hybridized carbons (Fsp3) is 0.231. The van der Waals surface area contributed by atoms with E-state index in [1.54, 1.807) is 18.6 Å². The molecule has 4 N–H and O–H groups in total. The largest absolute Gasteiger partial charge is 0.374 e. The Labute approximate surface area is 296 Å². The number of amides is 3. The number of carbonyl (C=O) groups excluding carboxylic acids is 3. The monoisotopic (exact) mass is 681 g/mol. The van der Waals surface area contributed by atoms with Crippen molar-refractivity contribution in [3.8, 4) is 11.3 Å². The van der Waals surface area contributed by atoms with Crippen molar-refractivity contribution in [3.05, 3.63) is 120 Å². The number of anilines is 5. The molecular formula is C39H39N9O3. The molecule has 51 heavy (non-hydrogen) atoms. The second-order valence-electron chi connectivity index (χ2n) is 12.8. The molecule has 3 aromatic carbocycles. The predicted molar refractivity (Wildman–Crippen MR) is 198 cm³/mol. The van der Waals surface area contributed by atoms with Crippen LogP contribution in [-0.2, 0) is 16.1 Å². The van der Waals surface area contributed by atoms with Gasteiger partial charge in [-0.3, -0.25) is 29.6 Å². The molecule has 0 saturated carbocycles. The first-order chi connectivity index (χ1) is 24.9. The number of rotatable bonds is 10. The van der Waals surface area contributed by atoms with Crippen LogP contribution in [0.15, 0.2) is 104 Å². The van der Waals surface area contributed by atoms with Gasteiger partial charge in [0, 0.05) is 91.6 Å². The second kappa shape index (κ2) is 15.2. The van der Waals surface area contributed by atoms with Crippen molar-refractivity contribution in [1.82, 2.24) is 25.2 Å². The highest BCUT2D eigenvalue weighted by Crippen LogP contribution is 2.26. The van der Waals surface area contributed by atoms with Crippen LogP contribution in [0.2, 0.25) is 0 Å². The topological polar surface area (TPSA) is 144 Å². The Bertz CT molecular complexity index is 2030. The van der Waals surface area contributed by atoms with Gasteiger partial charge in [-0.2, -0.15) is 0 Å². The molecular weight excluding hydrogens is 642 g/mol. The molecule has 2 fully saturated rings. The molecule has 0 spiro atoms. The SMILES string of the molecule is Cc1ccc(NC(=O)c2ccc(N3CCN(Cc4cccc(NC5CCC(=O)NC5=O)c4)CC3)cc2)cc1Nc1nccc(-c2cccnc2)n1. The average molecular weight is 682 g/mol. The van der Waals surface area contributed by atoms with Gasteiger partial charge in [-0.1, -0.05) is 18.2 Å². The standard InChI is InChI=1S/C39H39N9O3/c1-26-7-10-31(23-35(26)45-39-41-17-15-33(44-39)29-5-3-16-40-24-29)43-37(50)28-8-11-32(12-9-28)48-20-18-47(19-21-48)25-27-4-2-6-30(22-27)42-34-13-14-36(49)46-38(34)51/h2-12,15-17,22-24,34,42H,13-14,18-21,25H2,1H3,(H,43,50)(H,41,44,45)(H,46,49,51). The van der Waals surface area contributed by atoms with E-state index in [0.29, 0.717) is 30.0 Å². The van der Waals surface area contributed by atoms with Gasteiger partial charge in [0.1, 0.15) is 6.04 Å². The maximum atomic E-state index is 13.2. The first-order valence-electron chi connectivity index (χ1n) is 17.1. The summed E-state index contributed by atoms with van der Waals surface area (Å²) in [5, 5.41) is 12.0. The fourth-order valence-corrected chi connectivity index (χ4v) is 6.29. The highest BCUT2D eigenvalue weighted by molar-refractivity contribution is 6.04. The van der Waals surface area contributed by atoms with Crippen LogP contribution >= 0.6 is 0 Å². The summed E-state index contributed by atoms with van der Waals surface area (Å²) in [6.07, 6.45) is 6.03. The summed E-state index contributed by atoms with van der Waals surface area (Å²) in [5.74, 6) is -0.227. The van der Waals surface area contributed by atoms with Crippen molar-refractivity contribution in [2.75, 3.05) is 47.0 Å². The molecule has 7 rings (SSSR count). The van der Waals surface area contributed by atoms with Crippen LogP contribution in [0.3, 0.4) is 0 Å².